The summed E-state index contributed by atoms with van der Waals surface area (Å²) in [4.78, 5) is 25.2. The summed E-state index contributed by atoms with van der Waals surface area (Å²) in [7, 11) is 0. The van der Waals surface area contributed by atoms with Crippen molar-refractivity contribution in [1.29, 1.82) is 0 Å². The first-order valence-electron chi connectivity index (χ1n) is 8.86. The molecule has 6 nitrogen and oxygen atoms in total. The molecule has 2 aromatic carbocycles. The highest BCUT2D eigenvalue weighted by molar-refractivity contribution is 6.30. The van der Waals surface area contributed by atoms with Crippen LogP contribution in [0.1, 0.15) is 10.4 Å². The summed E-state index contributed by atoms with van der Waals surface area (Å²) in [6.45, 7) is 0. The van der Waals surface area contributed by atoms with Crippen LogP contribution >= 0.6 is 11.6 Å². The van der Waals surface area contributed by atoms with Crippen LogP contribution in [0, 0.1) is 0 Å². The summed E-state index contributed by atoms with van der Waals surface area (Å²) in [6, 6.07) is 21.7. The van der Waals surface area contributed by atoms with Crippen molar-refractivity contribution in [2.24, 2.45) is 0 Å². The van der Waals surface area contributed by atoms with Crippen molar-refractivity contribution in [2.75, 3.05) is 10.6 Å². The molecule has 0 saturated carbocycles. The lowest BCUT2D eigenvalue weighted by Crippen LogP contribution is -2.12. The van der Waals surface area contributed by atoms with E-state index >= 15 is 0 Å². The molecule has 0 saturated heterocycles. The summed E-state index contributed by atoms with van der Waals surface area (Å²) < 4.78 is 0. The Morgan fingerprint density at radius 3 is 2.34 bits per heavy atom. The van der Waals surface area contributed by atoms with E-state index in [1.165, 1.54) is 0 Å². The number of hydrogen-bond donors (Lipinski definition) is 2. The Kier molecular flexibility index (Phi) is 5.45. The molecule has 0 aliphatic carbocycles. The molecule has 142 valence electrons. The van der Waals surface area contributed by atoms with Crippen LogP contribution in [-0.2, 0) is 0 Å². The zero-order valence-electron chi connectivity index (χ0n) is 15.2. The maximum absolute atomic E-state index is 12.3. The molecule has 1 amide bonds. The molecular weight excluding hydrogens is 386 g/mol. The highest BCUT2D eigenvalue weighted by atomic mass is 35.5. The van der Waals surface area contributed by atoms with E-state index in [-0.39, 0.29) is 5.91 Å². The molecule has 2 heterocycles. The Morgan fingerprint density at radius 2 is 1.62 bits per heavy atom. The first-order valence-corrected chi connectivity index (χ1v) is 9.24. The van der Waals surface area contributed by atoms with E-state index in [4.69, 9.17) is 11.6 Å². The first-order chi connectivity index (χ1) is 14.2. The Bertz CT molecular complexity index is 1120. The molecule has 2 aromatic heterocycles. The van der Waals surface area contributed by atoms with Gasteiger partial charge in [-0.15, -0.1) is 0 Å². The van der Waals surface area contributed by atoms with E-state index in [0.717, 1.165) is 16.9 Å². The van der Waals surface area contributed by atoms with Gasteiger partial charge in [0, 0.05) is 34.2 Å². The number of hydrogen-bond acceptors (Lipinski definition) is 5. The molecular formula is C22H16ClN5O. The zero-order valence-corrected chi connectivity index (χ0v) is 16.0. The number of rotatable bonds is 5. The van der Waals surface area contributed by atoms with Gasteiger partial charge in [-0.25, -0.2) is 15.0 Å². The largest absolute Gasteiger partial charge is 0.324 e. The second-order valence-electron chi connectivity index (χ2n) is 6.14. The fourth-order valence-corrected chi connectivity index (χ4v) is 2.79. The summed E-state index contributed by atoms with van der Waals surface area (Å²) in [6.07, 6.45) is 3.31. The van der Waals surface area contributed by atoms with Crippen molar-refractivity contribution in [2.45, 2.75) is 0 Å². The minimum Gasteiger partial charge on any atom is -0.324 e. The van der Waals surface area contributed by atoms with Gasteiger partial charge >= 0.3 is 0 Å². The third-order valence-corrected chi connectivity index (χ3v) is 4.36. The predicted molar refractivity (Wildman–Crippen MR) is 114 cm³/mol. The van der Waals surface area contributed by atoms with Gasteiger partial charge in [-0.1, -0.05) is 29.8 Å². The number of nitrogens with zero attached hydrogens (tertiary/aromatic N) is 3. The van der Waals surface area contributed by atoms with Crippen LogP contribution in [-0.4, -0.2) is 20.9 Å². The van der Waals surface area contributed by atoms with Crippen LogP contribution in [0.3, 0.4) is 0 Å². The molecule has 29 heavy (non-hydrogen) atoms. The highest BCUT2D eigenvalue weighted by Gasteiger charge is 2.07. The van der Waals surface area contributed by atoms with Crippen molar-refractivity contribution in [3.63, 3.8) is 0 Å². The maximum Gasteiger partial charge on any atom is 0.256 e. The fraction of sp³-hybridized carbons (Fsp3) is 0. The Hall–Kier alpha value is -3.77. The van der Waals surface area contributed by atoms with Crippen molar-refractivity contribution >= 4 is 35.0 Å². The Morgan fingerprint density at radius 1 is 0.828 bits per heavy atom. The van der Waals surface area contributed by atoms with Crippen molar-refractivity contribution in [1.82, 2.24) is 15.0 Å². The highest BCUT2D eigenvalue weighted by Crippen LogP contribution is 2.21. The van der Waals surface area contributed by atoms with Gasteiger partial charge < -0.3 is 10.6 Å². The first kappa shape index (κ1) is 18.6. The number of carbonyl (C=O) groups excluding carboxylic acids is 1. The van der Waals surface area contributed by atoms with Gasteiger partial charge in [0.2, 0.25) is 5.95 Å². The van der Waals surface area contributed by atoms with Gasteiger partial charge in [0.1, 0.15) is 5.82 Å². The number of aromatic nitrogens is 3. The number of anilines is 3. The molecule has 0 atom stereocenters. The molecule has 0 bridgehead atoms. The quantitative estimate of drug-likeness (QED) is 0.481. The molecule has 0 unspecified atom stereocenters. The average molecular weight is 402 g/mol. The second kappa shape index (κ2) is 8.50. The van der Waals surface area contributed by atoms with E-state index in [0.29, 0.717) is 22.4 Å². The van der Waals surface area contributed by atoms with E-state index in [1.807, 2.05) is 36.4 Å². The van der Waals surface area contributed by atoms with Crippen LogP contribution in [0.5, 0.6) is 0 Å². The summed E-state index contributed by atoms with van der Waals surface area (Å²) >= 11 is 5.94. The van der Waals surface area contributed by atoms with E-state index < -0.39 is 0 Å². The molecule has 0 aliphatic heterocycles. The molecule has 2 N–H and O–H groups in total. The molecule has 0 aliphatic rings. The molecule has 4 rings (SSSR count). The standard InChI is InChI=1S/C22H16ClN5O/c23-17-8-4-15(5-9-17)19-12-14-25-22(27-19)26-18-10-6-16(7-11-18)21(29)28-20-3-1-2-13-24-20/h1-14H,(H,24,28,29)(H,25,26,27). The van der Waals surface area contributed by atoms with Crippen molar-refractivity contribution in [3.8, 4) is 11.3 Å². The summed E-state index contributed by atoms with van der Waals surface area (Å²) in [5.41, 5.74) is 3.02. The smallest absolute Gasteiger partial charge is 0.256 e. The number of nitrogens with one attached hydrogen (secondary N) is 2. The second-order valence-corrected chi connectivity index (χ2v) is 6.58. The van der Waals surface area contributed by atoms with Gasteiger partial charge in [-0.2, -0.15) is 0 Å². The topological polar surface area (TPSA) is 79.8 Å². The third kappa shape index (κ3) is 4.75. The third-order valence-electron chi connectivity index (χ3n) is 4.11. The fourth-order valence-electron chi connectivity index (χ4n) is 2.66. The number of benzene rings is 2. The van der Waals surface area contributed by atoms with Gasteiger partial charge in [0.15, 0.2) is 0 Å². The van der Waals surface area contributed by atoms with E-state index in [2.05, 4.69) is 25.6 Å². The molecule has 0 fully saturated rings. The average Bonchev–Trinajstić information content (AvgIpc) is 2.76. The Balaban J connectivity index is 1.45. The summed E-state index contributed by atoms with van der Waals surface area (Å²) in [5.74, 6) is 0.742. The molecule has 4 aromatic rings. The van der Waals surface area contributed by atoms with E-state index in [1.54, 1.807) is 48.8 Å². The lowest BCUT2D eigenvalue weighted by atomic mass is 10.1. The zero-order chi connectivity index (χ0) is 20.1. The van der Waals surface area contributed by atoms with Crippen LogP contribution in [0.15, 0.2) is 85.2 Å². The Labute approximate surface area is 172 Å². The van der Waals surface area contributed by atoms with Crippen LogP contribution in [0.4, 0.5) is 17.5 Å². The lowest BCUT2D eigenvalue weighted by molar-refractivity contribution is 0.102. The van der Waals surface area contributed by atoms with Gasteiger partial charge in [0.25, 0.3) is 5.91 Å². The van der Waals surface area contributed by atoms with Gasteiger partial charge in [-0.3, -0.25) is 4.79 Å². The minimum absolute atomic E-state index is 0.226. The van der Waals surface area contributed by atoms with Crippen molar-refractivity contribution < 1.29 is 4.79 Å². The normalized spacial score (nSPS) is 10.4. The summed E-state index contributed by atoms with van der Waals surface area (Å²) in [5, 5.41) is 6.58. The van der Waals surface area contributed by atoms with Crippen LogP contribution in [0.2, 0.25) is 5.02 Å². The maximum atomic E-state index is 12.3. The lowest BCUT2D eigenvalue weighted by Gasteiger charge is -2.08. The predicted octanol–water partition coefficient (Wildman–Crippen LogP) is 5.19. The molecule has 0 radical (unpaired) electrons. The van der Waals surface area contributed by atoms with Gasteiger partial charge in [-0.05, 0) is 54.6 Å². The van der Waals surface area contributed by atoms with E-state index in [9.17, 15) is 4.79 Å². The van der Waals surface area contributed by atoms with Crippen LogP contribution in [0.25, 0.3) is 11.3 Å². The number of pyridine rings is 1. The monoisotopic (exact) mass is 401 g/mol. The molecule has 0 spiro atoms. The molecule has 7 heteroatoms. The number of carbonyl (C=O) groups is 1. The SMILES string of the molecule is O=C(Nc1ccccn1)c1ccc(Nc2nccc(-c3ccc(Cl)cc3)n2)cc1. The van der Waals surface area contributed by atoms with Crippen LogP contribution < -0.4 is 10.6 Å². The number of amides is 1. The minimum atomic E-state index is -0.226. The number of halogens is 1. The van der Waals surface area contributed by atoms with Gasteiger partial charge in [0.05, 0.1) is 5.69 Å². The van der Waals surface area contributed by atoms with Crippen molar-refractivity contribution in [3.05, 3.63) is 95.8 Å².